The highest BCUT2D eigenvalue weighted by atomic mass is 16.5. The van der Waals surface area contributed by atoms with Gasteiger partial charge in [0.2, 0.25) is 0 Å². The average molecular weight is 250 g/mol. The molecule has 100 valence electrons. The lowest BCUT2D eigenvalue weighted by Gasteiger charge is -2.37. The molecule has 2 heterocycles. The van der Waals surface area contributed by atoms with Crippen LogP contribution in [0, 0.1) is 12.8 Å². The fourth-order valence-corrected chi connectivity index (χ4v) is 2.54. The van der Waals surface area contributed by atoms with E-state index >= 15 is 0 Å². The first kappa shape index (κ1) is 13.1. The number of hydrogen-bond donors (Lipinski definition) is 1. The Hall–Kier alpha value is -1.36. The second-order valence-corrected chi connectivity index (χ2v) is 4.91. The molecule has 1 N–H and O–H groups in total. The van der Waals surface area contributed by atoms with Crippen LogP contribution in [0.2, 0.25) is 0 Å². The summed E-state index contributed by atoms with van der Waals surface area (Å²) in [7, 11) is 3.67. The van der Waals surface area contributed by atoms with Gasteiger partial charge in [-0.1, -0.05) is 6.92 Å². The van der Waals surface area contributed by atoms with Gasteiger partial charge in [-0.2, -0.15) is 0 Å². The zero-order chi connectivity index (χ0) is 13.1. The van der Waals surface area contributed by atoms with Crippen LogP contribution in [-0.4, -0.2) is 43.3 Å². The largest absolute Gasteiger partial charge is 0.379 e. The highest BCUT2D eigenvalue weighted by Gasteiger charge is 2.27. The third kappa shape index (κ3) is 2.41. The Labute approximate surface area is 109 Å². The zero-order valence-corrected chi connectivity index (χ0v) is 11.6. The van der Waals surface area contributed by atoms with Gasteiger partial charge in [-0.3, -0.25) is 0 Å². The lowest BCUT2D eigenvalue weighted by molar-refractivity contribution is 0.0496. The number of aromatic nitrogens is 2. The summed E-state index contributed by atoms with van der Waals surface area (Å²) in [6, 6.07) is 0. The first-order valence-corrected chi connectivity index (χ1v) is 6.44. The molecule has 5 nitrogen and oxygen atoms in total. The Morgan fingerprint density at radius 1 is 1.44 bits per heavy atom. The van der Waals surface area contributed by atoms with Gasteiger partial charge < -0.3 is 15.0 Å². The summed E-state index contributed by atoms with van der Waals surface area (Å²) in [5, 5.41) is 3.10. The van der Waals surface area contributed by atoms with Gasteiger partial charge in [0.1, 0.15) is 18.0 Å². The van der Waals surface area contributed by atoms with Crippen molar-refractivity contribution < 1.29 is 4.74 Å². The molecule has 1 saturated heterocycles. The second kappa shape index (κ2) is 5.52. The summed E-state index contributed by atoms with van der Waals surface area (Å²) >= 11 is 0. The van der Waals surface area contributed by atoms with Gasteiger partial charge in [-0.25, -0.2) is 9.97 Å². The van der Waals surface area contributed by atoms with Gasteiger partial charge in [0.15, 0.2) is 0 Å². The van der Waals surface area contributed by atoms with Crippen LogP contribution in [0.4, 0.5) is 11.6 Å². The van der Waals surface area contributed by atoms with Crippen molar-refractivity contribution in [3.63, 3.8) is 0 Å². The topological polar surface area (TPSA) is 50.3 Å². The smallest absolute Gasteiger partial charge is 0.137 e. The van der Waals surface area contributed by atoms with E-state index in [1.54, 1.807) is 13.4 Å². The minimum Gasteiger partial charge on any atom is -0.379 e. The molecule has 1 aliphatic rings. The van der Waals surface area contributed by atoms with Crippen molar-refractivity contribution in [2.75, 3.05) is 37.5 Å². The quantitative estimate of drug-likeness (QED) is 0.884. The molecule has 0 amide bonds. The molecule has 0 radical (unpaired) electrons. The van der Waals surface area contributed by atoms with E-state index in [1.165, 1.54) is 0 Å². The average Bonchev–Trinajstić information content (AvgIpc) is 2.40. The first-order valence-electron chi connectivity index (χ1n) is 6.44. The van der Waals surface area contributed by atoms with Crippen molar-refractivity contribution in [3.05, 3.63) is 11.9 Å². The van der Waals surface area contributed by atoms with Crippen LogP contribution >= 0.6 is 0 Å². The van der Waals surface area contributed by atoms with E-state index in [0.717, 1.165) is 36.7 Å². The van der Waals surface area contributed by atoms with E-state index in [1.807, 2.05) is 7.05 Å². The molecule has 0 aromatic carbocycles. The third-order valence-corrected chi connectivity index (χ3v) is 3.79. The van der Waals surface area contributed by atoms with Gasteiger partial charge in [0, 0.05) is 32.8 Å². The first-order chi connectivity index (χ1) is 8.67. The van der Waals surface area contributed by atoms with Crippen LogP contribution in [0.1, 0.15) is 18.9 Å². The van der Waals surface area contributed by atoms with Crippen LogP contribution in [0.3, 0.4) is 0 Å². The van der Waals surface area contributed by atoms with E-state index in [-0.39, 0.29) is 6.10 Å². The van der Waals surface area contributed by atoms with Gasteiger partial charge in [-0.15, -0.1) is 0 Å². The van der Waals surface area contributed by atoms with E-state index in [4.69, 9.17) is 4.74 Å². The minimum atomic E-state index is 0.283. The van der Waals surface area contributed by atoms with Crippen LogP contribution in [0.25, 0.3) is 0 Å². The molecule has 1 aliphatic heterocycles. The molecular weight excluding hydrogens is 228 g/mol. The number of nitrogens with one attached hydrogen (secondary N) is 1. The molecule has 2 rings (SSSR count). The summed E-state index contributed by atoms with van der Waals surface area (Å²) in [4.78, 5) is 10.9. The molecule has 1 aromatic rings. The molecule has 0 bridgehead atoms. The second-order valence-electron chi connectivity index (χ2n) is 4.91. The lowest BCUT2D eigenvalue weighted by Crippen LogP contribution is -2.44. The maximum Gasteiger partial charge on any atom is 0.137 e. The van der Waals surface area contributed by atoms with Crippen molar-refractivity contribution in [2.45, 2.75) is 26.4 Å². The summed E-state index contributed by atoms with van der Waals surface area (Å²) in [5.74, 6) is 2.52. The molecular formula is C13H22N4O. The predicted octanol–water partition coefficient (Wildman–Crippen LogP) is 1.69. The SMILES string of the molecule is CNc1ncnc(N2CCC(C)C(OC)C2)c1C. The van der Waals surface area contributed by atoms with Crippen LogP contribution in [0.5, 0.6) is 0 Å². The maximum atomic E-state index is 5.55. The summed E-state index contributed by atoms with van der Waals surface area (Å²) in [6.45, 7) is 6.24. The van der Waals surface area contributed by atoms with Gasteiger partial charge in [0.05, 0.1) is 6.10 Å². The van der Waals surface area contributed by atoms with Crippen molar-refractivity contribution in [1.82, 2.24) is 9.97 Å². The van der Waals surface area contributed by atoms with Gasteiger partial charge in [0.25, 0.3) is 0 Å². The fraction of sp³-hybridized carbons (Fsp3) is 0.692. The van der Waals surface area contributed by atoms with Crippen molar-refractivity contribution in [2.24, 2.45) is 5.92 Å². The van der Waals surface area contributed by atoms with Crippen LogP contribution in [-0.2, 0) is 4.74 Å². The summed E-state index contributed by atoms with van der Waals surface area (Å²) < 4.78 is 5.55. The Morgan fingerprint density at radius 3 is 2.89 bits per heavy atom. The Morgan fingerprint density at radius 2 is 2.22 bits per heavy atom. The number of piperidine rings is 1. The van der Waals surface area contributed by atoms with E-state index in [2.05, 4.69) is 34.0 Å². The Balaban J connectivity index is 2.21. The molecule has 1 aromatic heterocycles. The van der Waals surface area contributed by atoms with E-state index in [9.17, 15) is 0 Å². The number of rotatable bonds is 3. The number of anilines is 2. The highest BCUT2D eigenvalue weighted by Crippen LogP contribution is 2.27. The monoisotopic (exact) mass is 250 g/mol. The van der Waals surface area contributed by atoms with E-state index in [0.29, 0.717) is 5.92 Å². The van der Waals surface area contributed by atoms with E-state index < -0.39 is 0 Å². The van der Waals surface area contributed by atoms with Gasteiger partial charge >= 0.3 is 0 Å². The highest BCUT2D eigenvalue weighted by molar-refractivity contribution is 5.57. The third-order valence-electron chi connectivity index (χ3n) is 3.79. The number of nitrogens with zero attached hydrogens (tertiary/aromatic N) is 3. The molecule has 5 heteroatoms. The zero-order valence-electron chi connectivity index (χ0n) is 11.6. The number of methoxy groups -OCH3 is 1. The standard InChI is InChI=1S/C13H22N4O/c1-9-5-6-17(7-11(9)18-4)13-10(2)12(14-3)15-8-16-13/h8-9,11H,5-7H2,1-4H3,(H,14,15,16). The van der Waals surface area contributed by atoms with Crippen LogP contribution in [0.15, 0.2) is 6.33 Å². The summed E-state index contributed by atoms with van der Waals surface area (Å²) in [6.07, 6.45) is 3.04. The van der Waals surface area contributed by atoms with Crippen molar-refractivity contribution in [3.8, 4) is 0 Å². The summed E-state index contributed by atoms with van der Waals surface area (Å²) in [5.41, 5.74) is 1.10. The Kier molecular flexibility index (Phi) is 4.01. The lowest BCUT2D eigenvalue weighted by atomic mass is 9.95. The van der Waals surface area contributed by atoms with Gasteiger partial charge in [-0.05, 0) is 19.3 Å². The molecule has 1 fully saturated rings. The molecule has 2 atom stereocenters. The van der Waals surface area contributed by atoms with Crippen LogP contribution < -0.4 is 10.2 Å². The Bertz CT molecular complexity index is 410. The molecule has 18 heavy (non-hydrogen) atoms. The normalized spacial score (nSPS) is 24.1. The molecule has 2 unspecified atom stereocenters. The molecule has 0 aliphatic carbocycles. The molecule has 0 spiro atoms. The number of hydrogen-bond acceptors (Lipinski definition) is 5. The van der Waals surface area contributed by atoms with Crippen molar-refractivity contribution in [1.29, 1.82) is 0 Å². The predicted molar refractivity (Wildman–Crippen MR) is 73.1 cm³/mol. The van der Waals surface area contributed by atoms with Crippen molar-refractivity contribution >= 4 is 11.6 Å². The maximum absolute atomic E-state index is 5.55. The molecule has 0 saturated carbocycles. The fourth-order valence-electron chi connectivity index (χ4n) is 2.54. The number of ether oxygens (including phenoxy) is 1. The minimum absolute atomic E-state index is 0.283.